The van der Waals surface area contributed by atoms with E-state index in [2.05, 4.69) is 11.8 Å². The second-order valence-corrected chi connectivity index (χ2v) is 4.67. The van der Waals surface area contributed by atoms with Gasteiger partial charge in [-0.3, -0.25) is 9.69 Å². The molecule has 2 rings (SSSR count). The zero-order valence-corrected chi connectivity index (χ0v) is 10.7. The molecule has 0 unspecified atom stereocenters. The Morgan fingerprint density at radius 3 is 3.00 bits per heavy atom. The highest BCUT2D eigenvalue weighted by molar-refractivity contribution is 6.00. The maximum Gasteiger partial charge on any atom is 0.161 e. The number of hydrogen-bond donors (Lipinski definition) is 0. The largest absolute Gasteiger partial charge is 0.299 e. The monoisotopic (exact) mass is 247 g/mol. The van der Waals surface area contributed by atoms with Crippen LogP contribution in [0, 0.1) is 5.82 Å². The fraction of sp³-hybridized carbons (Fsp3) is 0.400. The molecule has 1 aromatic rings. The van der Waals surface area contributed by atoms with Crippen molar-refractivity contribution in [3.8, 4) is 0 Å². The Morgan fingerprint density at radius 1 is 1.44 bits per heavy atom. The SMILES string of the molecule is CCCN1CCC(=O)/C(=C/c2cccc(F)c2)C1. The number of nitrogens with zero attached hydrogens (tertiary/aromatic N) is 1. The maximum atomic E-state index is 13.1. The third-order valence-corrected chi connectivity index (χ3v) is 3.14. The minimum atomic E-state index is -0.266. The Labute approximate surface area is 107 Å². The van der Waals surface area contributed by atoms with E-state index in [4.69, 9.17) is 0 Å². The van der Waals surface area contributed by atoms with Crippen molar-refractivity contribution in [1.29, 1.82) is 0 Å². The summed E-state index contributed by atoms with van der Waals surface area (Å²) in [6, 6.07) is 6.36. The lowest BCUT2D eigenvalue weighted by Crippen LogP contribution is -2.36. The quantitative estimate of drug-likeness (QED) is 0.765. The molecule has 0 radical (unpaired) electrons. The van der Waals surface area contributed by atoms with Crippen LogP contribution >= 0.6 is 0 Å². The molecular weight excluding hydrogens is 229 g/mol. The zero-order valence-electron chi connectivity index (χ0n) is 10.7. The Morgan fingerprint density at radius 2 is 2.28 bits per heavy atom. The highest BCUT2D eigenvalue weighted by Gasteiger charge is 2.20. The molecule has 1 aliphatic heterocycles. The molecule has 2 nitrogen and oxygen atoms in total. The van der Waals surface area contributed by atoms with Crippen molar-refractivity contribution in [2.24, 2.45) is 0 Å². The number of rotatable bonds is 3. The Balaban J connectivity index is 2.16. The van der Waals surface area contributed by atoms with Gasteiger partial charge < -0.3 is 0 Å². The molecular formula is C15H18FNO. The van der Waals surface area contributed by atoms with Crippen molar-refractivity contribution >= 4 is 11.9 Å². The number of ketones is 1. The first-order valence-corrected chi connectivity index (χ1v) is 6.40. The van der Waals surface area contributed by atoms with E-state index in [-0.39, 0.29) is 11.6 Å². The van der Waals surface area contributed by atoms with E-state index in [9.17, 15) is 9.18 Å². The van der Waals surface area contributed by atoms with Gasteiger partial charge in [0, 0.05) is 25.1 Å². The van der Waals surface area contributed by atoms with Gasteiger partial charge >= 0.3 is 0 Å². The molecule has 0 atom stereocenters. The lowest BCUT2D eigenvalue weighted by atomic mass is 10.00. The van der Waals surface area contributed by atoms with E-state index in [1.807, 2.05) is 12.1 Å². The molecule has 0 bridgehead atoms. The molecule has 96 valence electrons. The van der Waals surface area contributed by atoms with Crippen LogP contribution in [0.4, 0.5) is 4.39 Å². The fourth-order valence-electron chi connectivity index (χ4n) is 2.26. The summed E-state index contributed by atoms with van der Waals surface area (Å²) in [4.78, 5) is 14.1. The third-order valence-electron chi connectivity index (χ3n) is 3.14. The average Bonchev–Trinajstić information content (AvgIpc) is 2.34. The maximum absolute atomic E-state index is 13.1. The number of likely N-dealkylation sites (tertiary alicyclic amines) is 1. The third kappa shape index (κ3) is 3.26. The van der Waals surface area contributed by atoms with E-state index in [1.165, 1.54) is 12.1 Å². The lowest BCUT2D eigenvalue weighted by molar-refractivity contribution is -0.117. The molecule has 0 saturated carbocycles. The summed E-state index contributed by atoms with van der Waals surface area (Å²) < 4.78 is 13.1. The second-order valence-electron chi connectivity index (χ2n) is 4.67. The van der Waals surface area contributed by atoms with Crippen molar-refractivity contribution in [3.05, 3.63) is 41.2 Å². The van der Waals surface area contributed by atoms with Crippen LogP contribution in [0.15, 0.2) is 29.8 Å². The van der Waals surface area contributed by atoms with Crippen molar-refractivity contribution < 1.29 is 9.18 Å². The van der Waals surface area contributed by atoms with Crippen molar-refractivity contribution in [3.63, 3.8) is 0 Å². The highest BCUT2D eigenvalue weighted by Crippen LogP contribution is 2.16. The van der Waals surface area contributed by atoms with Gasteiger partial charge in [0.2, 0.25) is 0 Å². The molecule has 0 aliphatic carbocycles. The smallest absolute Gasteiger partial charge is 0.161 e. The minimum Gasteiger partial charge on any atom is -0.299 e. The van der Waals surface area contributed by atoms with Crippen LogP contribution in [0.1, 0.15) is 25.3 Å². The van der Waals surface area contributed by atoms with E-state index in [1.54, 1.807) is 6.07 Å². The van der Waals surface area contributed by atoms with Gasteiger partial charge in [-0.1, -0.05) is 19.1 Å². The van der Waals surface area contributed by atoms with Crippen molar-refractivity contribution in [2.75, 3.05) is 19.6 Å². The summed E-state index contributed by atoms with van der Waals surface area (Å²) in [5.74, 6) is -0.0790. The van der Waals surface area contributed by atoms with Gasteiger partial charge in [-0.15, -0.1) is 0 Å². The number of Topliss-reactive ketones (excluding diaryl/α,β-unsaturated/α-hetero) is 1. The number of benzene rings is 1. The Hall–Kier alpha value is -1.48. The van der Waals surface area contributed by atoms with Crippen molar-refractivity contribution in [1.82, 2.24) is 4.90 Å². The molecule has 0 spiro atoms. The Bertz CT molecular complexity index is 467. The minimum absolute atomic E-state index is 0.187. The van der Waals surface area contributed by atoms with E-state index < -0.39 is 0 Å². The van der Waals surface area contributed by atoms with Gasteiger partial charge in [0.1, 0.15) is 5.82 Å². The molecule has 1 aliphatic rings. The number of hydrogen-bond acceptors (Lipinski definition) is 2. The predicted molar refractivity (Wildman–Crippen MR) is 70.7 cm³/mol. The first kappa shape index (κ1) is 13.0. The second kappa shape index (κ2) is 5.91. The molecule has 1 aromatic carbocycles. The van der Waals surface area contributed by atoms with Gasteiger partial charge in [0.05, 0.1) is 0 Å². The van der Waals surface area contributed by atoms with Crippen LogP contribution in [0.2, 0.25) is 0 Å². The summed E-state index contributed by atoms with van der Waals surface area (Å²) in [5, 5.41) is 0. The number of carbonyl (C=O) groups excluding carboxylic acids is 1. The van der Waals surface area contributed by atoms with Crippen LogP contribution in [0.25, 0.3) is 6.08 Å². The van der Waals surface area contributed by atoms with Gasteiger partial charge in [-0.25, -0.2) is 4.39 Å². The summed E-state index contributed by atoms with van der Waals surface area (Å²) >= 11 is 0. The normalized spacial score (nSPS) is 19.4. The van der Waals surface area contributed by atoms with Crippen LogP contribution in [-0.2, 0) is 4.79 Å². The Kier molecular flexibility index (Phi) is 4.26. The van der Waals surface area contributed by atoms with Crippen LogP contribution in [0.3, 0.4) is 0 Å². The van der Waals surface area contributed by atoms with E-state index in [0.717, 1.165) is 30.6 Å². The molecule has 0 amide bonds. The van der Waals surface area contributed by atoms with Gasteiger partial charge in [-0.2, -0.15) is 0 Å². The first-order chi connectivity index (χ1) is 8.69. The predicted octanol–water partition coefficient (Wildman–Crippen LogP) is 2.89. The fourth-order valence-corrected chi connectivity index (χ4v) is 2.26. The van der Waals surface area contributed by atoms with Gasteiger partial charge in [0.25, 0.3) is 0 Å². The van der Waals surface area contributed by atoms with Crippen LogP contribution < -0.4 is 0 Å². The number of halogens is 1. The average molecular weight is 247 g/mol. The van der Waals surface area contributed by atoms with E-state index in [0.29, 0.717) is 13.0 Å². The molecule has 1 saturated heterocycles. The standard InChI is InChI=1S/C15H18FNO/c1-2-7-17-8-6-15(18)13(11-17)9-12-4-3-5-14(16)10-12/h3-5,9-10H,2,6-8,11H2,1H3/b13-9+. The van der Waals surface area contributed by atoms with Crippen LogP contribution in [-0.4, -0.2) is 30.3 Å². The number of carbonyl (C=O) groups is 1. The molecule has 0 aromatic heterocycles. The van der Waals surface area contributed by atoms with Crippen LogP contribution in [0.5, 0.6) is 0 Å². The summed E-state index contributed by atoms with van der Waals surface area (Å²) in [5.41, 5.74) is 1.55. The summed E-state index contributed by atoms with van der Waals surface area (Å²) in [6.07, 6.45) is 3.47. The lowest BCUT2D eigenvalue weighted by Gasteiger charge is -2.27. The molecule has 3 heteroatoms. The van der Waals surface area contributed by atoms with Crippen molar-refractivity contribution in [2.45, 2.75) is 19.8 Å². The molecule has 18 heavy (non-hydrogen) atoms. The van der Waals surface area contributed by atoms with Gasteiger partial charge in [-0.05, 0) is 36.7 Å². The summed E-state index contributed by atoms with van der Waals surface area (Å²) in [7, 11) is 0. The zero-order chi connectivity index (χ0) is 13.0. The van der Waals surface area contributed by atoms with E-state index >= 15 is 0 Å². The van der Waals surface area contributed by atoms with Gasteiger partial charge in [0.15, 0.2) is 5.78 Å². The summed E-state index contributed by atoms with van der Waals surface area (Å²) in [6.45, 7) is 4.66. The highest BCUT2D eigenvalue weighted by atomic mass is 19.1. The molecule has 1 fully saturated rings. The topological polar surface area (TPSA) is 20.3 Å². The first-order valence-electron chi connectivity index (χ1n) is 6.40. The molecule has 0 N–H and O–H groups in total. The number of piperidine rings is 1. The molecule has 1 heterocycles.